The van der Waals surface area contributed by atoms with Crippen molar-refractivity contribution in [2.45, 2.75) is 6.18 Å². The predicted octanol–water partition coefficient (Wildman–Crippen LogP) is 4.20. The minimum Gasteiger partial charge on any atom is -0.294 e. The second-order valence-corrected chi connectivity index (χ2v) is 4.73. The Bertz CT molecular complexity index is 928. The molecule has 2 N–H and O–H groups in total. The lowest BCUT2D eigenvalue weighted by molar-refractivity contribution is -0.137. The topological polar surface area (TPSA) is 86.3 Å². The highest BCUT2D eigenvalue weighted by molar-refractivity contribution is 5.68. The van der Waals surface area contributed by atoms with Crippen molar-refractivity contribution < 1.29 is 13.2 Å². The van der Waals surface area contributed by atoms with E-state index in [1.807, 2.05) is 0 Å². The molecular weight excluding hydrogens is 323 g/mol. The molecule has 0 radical (unpaired) electrons. The summed E-state index contributed by atoms with van der Waals surface area (Å²) in [5.74, 6) is 0. The zero-order chi connectivity index (χ0) is 17.2. The number of azo groups is 1. The van der Waals surface area contributed by atoms with E-state index in [4.69, 9.17) is 0 Å². The highest BCUT2D eigenvalue weighted by atomic mass is 19.4. The Balaban J connectivity index is 2.04. The van der Waals surface area contributed by atoms with E-state index >= 15 is 0 Å². The zero-order valence-corrected chi connectivity index (χ0v) is 12.0. The maximum absolute atomic E-state index is 13.0. The number of nitrogens with zero attached hydrogens (tertiary/aromatic N) is 3. The summed E-state index contributed by atoms with van der Waals surface area (Å²) < 4.78 is 38.9. The number of pyridine rings is 1. The van der Waals surface area contributed by atoms with Crippen molar-refractivity contribution in [1.82, 2.24) is 15.2 Å². The molecule has 0 fully saturated rings. The van der Waals surface area contributed by atoms with Crippen LogP contribution in [0.25, 0.3) is 11.4 Å². The molecule has 0 amide bonds. The summed E-state index contributed by atoms with van der Waals surface area (Å²) in [6, 6.07) is 9.75. The normalized spacial score (nSPS) is 12.0. The Kier molecular flexibility index (Phi) is 3.98. The lowest BCUT2D eigenvalue weighted by Crippen LogP contribution is -2.04. The van der Waals surface area contributed by atoms with E-state index in [2.05, 4.69) is 25.4 Å². The van der Waals surface area contributed by atoms with E-state index in [-0.39, 0.29) is 17.1 Å². The van der Waals surface area contributed by atoms with Crippen LogP contribution in [0.1, 0.15) is 5.56 Å². The summed E-state index contributed by atoms with van der Waals surface area (Å²) >= 11 is 0. The van der Waals surface area contributed by atoms with E-state index in [9.17, 15) is 18.0 Å². The third-order valence-electron chi connectivity index (χ3n) is 3.14. The average molecular weight is 333 g/mol. The Hall–Kier alpha value is -3.23. The molecule has 3 rings (SSSR count). The molecule has 2 heterocycles. The number of aromatic nitrogens is 3. The van der Waals surface area contributed by atoms with Crippen LogP contribution >= 0.6 is 0 Å². The van der Waals surface area contributed by atoms with Gasteiger partial charge in [0.15, 0.2) is 5.69 Å². The van der Waals surface area contributed by atoms with Crippen LogP contribution in [0.15, 0.2) is 63.7 Å². The predicted molar refractivity (Wildman–Crippen MR) is 80.3 cm³/mol. The van der Waals surface area contributed by atoms with Gasteiger partial charge in [-0.1, -0.05) is 18.2 Å². The molecule has 1 aromatic carbocycles. The first-order chi connectivity index (χ1) is 11.5. The largest absolute Gasteiger partial charge is 0.418 e. The van der Waals surface area contributed by atoms with Gasteiger partial charge in [0.05, 0.1) is 16.9 Å². The first-order valence-electron chi connectivity index (χ1n) is 6.77. The average Bonchev–Trinajstić information content (AvgIpc) is 2.94. The van der Waals surface area contributed by atoms with Gasteiger partial charge in [0, 0.05) is 6.20 Å². The van der Waals surface area contributed by atoms with Gasteiger partial charge in [-0.15, -0.1) is 10.2 Å². The van der Waals surface area contributed by atoms with Crippen LogP contribution < -0.4 is 5.56 Å². The fourth-order valence-electron chi connectivity index (χ4n) is 2.05. The summed E-state index contributed by atoms with van der Waals surface area (Å²) in [4.78, 5) is 15.9. The number of aromatic amines is 2. The van der Waals surface area contributed by atoms with Gasteiger partial charge >= 0.3 is 6.18 Å². The zero-order valence-electron chi connectivity index (χ0n) is 12.0. The molecule has 0 aliphatic rings. The smallest absolute Gasteiger partial charge is 0.294 e. The van der Waals surface area contributed by atoms with Crippen LogP contribution in [0, 0.1) is 0 Å². The van der Waals surface area contributed by atoms with E-state index in [1.165, 1.54) is 24.4 Å². The third kappa shape index (κ3) is 3.09. The highest BCUT2D eigenvalue weighted by Crippen LogP contribution is 2.36. The van der Waals surface area contributed by atoms with Crippen molar-refractivity contribution in [2.24, 2.45) is 10.2 Å². The lowest BCUT2D eigenvalue weighted by atomic mass is 10.2. The number of hydrogen-bond donors (Lipinski definition) is 2. The fourth-order valence-corrected chi connectivity index (χ4v) is 2.05. The van der Waals surface area contributed by atoms with Gasteiger partial charge in [-0.05, 0) is 24.3 Å². The van der Waals surface area contributed by atoms with Gasteiger partial charge in [0.25, 0.3) is 5.56 Å². The molecule has 122 valence electrons. The maximum Gasteiger partial charge on any atom is 0.418 e. The van der Waals surface area contributed by atoms with Crippen LogP contribution in [0.2, 0.25) is 0 Å². The number of H-pyrrole nitrogens is 2. The number of benzene rings is 1. The third-order valence-corrected chi connectivity index (χ3v) is 3.14. The number of rotatable bonds is 3. The Morgan fingerprint density at radius 3 is 2.42 bits per heavy atom. The van der Waals surface area contributed by atoms with Crippen molar-refractivity contribution in [3.05, 3.63) is 64.6 Å². The SMILES string of the molecule is O=c1[nH][nH]c(-c2ccccn2)c1N=Nc1ccccc1C(F)(F)F. The van der Waals surface area contributed by atoms with Crippen molar-refractivity contribution in [2.75, 3.05) is 0 Å². The van der Waals surface area contributed by atoms with Crippen LogP contribution in [-0.2, 0) is 6.18 Å². The summed E-state index contributed by atoms with van der Waals surface area (Å²) in [5, 5.41) is 12.2. The molecule has 0 atom stereocenters. The van der Waals surface area contributed by atoms with Gasteiger partial charge in [0.1, 0.15) is 5.69 Å². The molecule has 0 bridgehead atoms. The van der Waals surface area contributed by atoms with Crippen molar-refractivity contribution in [3.63, 3.8) is 0 Å². The van der Waals surface area contributed by atoms with Crippen molar-refractivity contribution in [1.29, 1.82) is 0 Å². The number of hydrogen-bond acceptors (Lipinski definition) is 4. The van der Waals surface area contributed by atoms with E-state index in [1.54, 1.807) is 18.2 Å². The summed E-state index contributed by atoms with van der Waals surface area (Å²) in [5.41, 5.74) is -1.41. The fraction of sp³-hybridized carbons (Fsp3) is 0.0667. The van der Waals surface area contributed by atoms with E-state index in [0.717, 1.165) is 6.07 Å². The molecule has 2 aromatic heterocycles. The second-order valence-electron chi connectivity index (χ2n) is 4.73. The van der Waals surface area contributed by atoms with Gasteiger partial charge in [0.2, 0.25) is 0 Å². The van der Waals surface area contributed by atoms with Gasteiger partial charge < -0.3 is 0 Å². The number of nitrogens with one attached hydrogen (secondary N) is 2. The summed E-state index contributed by atoms with van der Waals surface area (Å²) in [6.45, 7) is 0. The lowest BCUT2D eigenvalue weighted by Gasteiger charge is -2.08. The molecule has 0 aliphatic heterocycles. The summed E-state index contributed by atoms with van der Waals surface area (Å²) in [6.07, 6.45) is -3.05. The molecular formula is C15H10F3N5O. The molecule has 6 nitrogen and oxygen atoms in total. The standard InChI is InChI=1S/C15H10F3N5O/c16-15(17,18)9-5-1-2-6-10(9)20-22-13-12(21-23-14(13)24)11-7-3-4-8-19-11/h1-8H,(H2,21,23,24). The minimum absolute atomic E-state index is 0.148. The summed E-state index contributed by atoms with van der Waals surface area (Å²) in [7, 11) is 0. The first-order valence-corrected chi connectivity index (χ1v) is 6.77. The molecule has 3 aromatic rings. The quantitative estimate of drug-likeness (QED) is 0.704. The van der Waals surface area contributed by atoms with Crippen LogP contribution in [0.3, 0.4) is 0 Å². The Labute approximate surface area is 133 Å². The molecule has 24 heavy (non-hydrogen) atoms. The number of alkyl halides is 3. The highest BCUT2D eigenvalue weighted by Gasteiger charge is 2.33. The van der Waals surface area contributed by atoms with E-state index < -0.39 is 17.3 Å². The monoisotopic (exact) mass is 333 g/mol. The van der Waals surface area contributed by atoms with Crippen molar-refractivity contribution >= 4 is 11.4 Å². The minimum atomic E-state index is -4.57. The molecule has 9 heteroatoms. The molecule has 0 spiro atoms. The number of halogens is 3. The van der Waals surface area contributed by atoms with Gasteiger partial charge in [-0.2, -0.15) is 13.2 Å². The maximum atomic E-state index is 13.0. The van der Waals surface area contributed by atoms with Crippen molar-refractivity contribution in [3.8, 4) is 11.4 Å². The molecule has 0 saturated heterocycles. The van der Waals surface area contributed by atoms with Crippen LogP contribution in [0.4, 0.5) is 24.5 Å². The Morgan fingerprint density at radius 1 is 0.958 bits per heavy atom. The van der Waals surface area contributed by atoms with Gasteiger partial charge in [-0.3, -0.25) is 20.0 Å². The second kappa shape index (κ2) is 6.11. The molecule has 0 unspecified atom stereocenters. The van der Waals surface area contributed by atoms with Gasteiger partial charge in [-0.25, -0.2) is 0 Å². The van der Waals surface area contributed by atoms with E-state index in [0.29, 0.717) is 5.69 Å². The van der Waals surface area contributed by atoms with Crippen LogP contribution in [0.5, 0.6) is 0 Å². The van der Waals surface area contributed by atoms with Crippen LogP contribution in [-0.4, -0.2) is 15.2 Å². The molecule has 0 saturated carbocycles. The molecule has 0 aliphatic carbocycles. The Morgan fingerprint density at radius 2 is 1.71 bits per heavy atom. The first kappa shape index (κ1) is 15.7.